The minimum absolute atomic E-state index is 0.178. The first-order valence-corrected chi connectivity index (χ1v) is 9.40. The fraction of sp³-hybridized carbons (Fsp3) is 0.273. The number of methoxy groups -OCH3 is 1. The lowest BCUT2D eigenvalue weighted by Crippen LogP contribution is -2.49. The first-order chi connectivity index (χ1) is 13.6. The van der Waals surface area contributed by atoms with E-state index < -0.39 is 0 Å². The van der Waals surface area contributed by atoms with E-state index in [0.29, 0.717) is 24.4 Å². The first kappa shape index (κ1) is 18.3. The number of carbonyl (C=O) groups excluding carboxylic acids is 1. The van der Waals surface area contributed by atoms with Crippen molar-refractivity contribution >= 4 is 16.8 Å². The topological polar surface area (TPSA) is 65.6 Å². The molecule has 1 aliphatic rings. The van der Waals surface area contributed by atoms with Gasteiger partial charge >= 0.3 is 0 Å². The van der Waals surface area contributed by atoms with Crippen molar-refractivity contribution < 1.29 is 9.53 Å². The molecular formula is C22H23N3O3. The van der Waals surface area contributed by atoms with Gasteiger partial charge in [0, 0.05) is 43.6 Å². The molecule has 0 atom stereocenters. The molecule has 1 aliphatic heterocycles. The first-order valence-electron chi connectivity index (χ1n) is 9.40. The summed E-state index contributed by atoms with van der Waals surface area (Å²) in [5.74, 6) is 0.470. The highest BCUT2D eigenvalue weighted by Crippen LogP contribution is 2.19. The molecule has 4 rings (SSSR count). The maximum atomic E-state index is 12.9. The SMILES string of the molecule is COc1ccc2[nH]c(=O)c(C(=O)N3CCN(Cc4ccccc4)CC3)cc2c1. The van der Waals surface area contributed by atoms with Crippen molar-refractivity contribution in [3.8, 4) is 5.75 Å². The number of ether oxygens (including phenoxy) is 1. The molecule has 0 bridgehead atoms. The highest BCUT2D eigenvalue weighted by atomic mass is 16.5. The largest absolute Gasteiger partial charge is 0.497 e. The molecule has 3 aromatic rings. The van der Waals surface area contributed by atoms with E-state index in [-0.39, 0.29) is 17.0 Å². The van der Waals surface area contributed by atoms with Crippen molar-refractivity contribution in [2.75, 3.05) is 33.3 Å². The maximum Gasteiger partial charge on any atom is 0.261 e. The van der Waals surface area contributed by atoms with Gasteiger partial charge in [0.2, 0.25) is 0 Å². The lowest BCUT2D eigenvalue weighted by atomic mass is 10.1. The summed E-state index contributed by atoms with van der Waals surface area (Å²) in [6.07, 6.45) is 0. The fourth-order valence-electron chi connectivity index (χ4n) is 3.59. The molecule has 144 valence electrons. The summed E-state index contributed by atoms with van der Waals surface area (Å²) in [6, 6.07) is 17.4. The van der Waals surface area contributed by atoms with Gasteiger partial charge in [0.15, 0.2) is 0 Å². The van der Waals surface area contributed by atoms with Crippen LogP contribution < -0.4 is 10.3 Å². The molecule has 0 aliphatic carbocycles. The molecule has 6 nitrogen and oxygen atoms in total. The number of aromatic nitrogens is 1. The summed E-state index contributed by atoms with van der Waals surface area (Å²) < 4.78 is 5.24. The third kappa shape index (κ3) is 3.77. The molecular weight excluding hydrogens is 354 g/mol. The van der Waals surface area contributed by atoms with Crippen LogP contribution in [0, 0.1) is 0 Å². The second-order valence-corrected chi connectivity index (χ2v) is 7.02. The minimum atomic E-state index is -0.352. The average Bonchev–Trinajstić information content (AvgIpc) is 2.74. The molecule has 28 heavy (non-hydrogen) atoms. The molecule has 1 saturated heterocycles. The predicted octanol–water partition coefficient (Wildman–Crippen LogP) is 2.49. The molecule has 0 radical (unpaired) electrons. The zero-order valence-corrected chi connectivity index (χ0v) is 15.9. The number of hydrogen-bond acceptors (Lipinski definition) is 4. The Kier molecular flexibility index (Phi) is 5.12. The van der Waals surface area contributed by atoms with Gasteiger partial charge in [0.1, 0.15) is 11.3 Å². The van der Waals surface area contributed by atoms with E-state index in [0.717, 1.165) is 25.0 Å². The van der Waals surface area contributed by atoms with Gasteiger partial charge in [0.25, 0.3) is 11.5 Å². The van der Waals surface area contributed by atoms with E-state index in [9.17, 15) is 9.59 Å². The molecule has 1 aromatic heterocycles. The van der Waals surface area contributed by atoms with E-state index >= 15 is 0 Å². The minimum Gasteiger partial charge on any atom is -0.497 e. The molecule has 2 aromatic carbocycles. The van der Waals surface area contributed by atoms with Crippen LogP contribution in [0.3, 0.4) is 0 Å². The van der Waals surface area contributed by atoms with Crippen molar-refractivity contribution in [2.45, 2.75) is 6.54 Å². The monoisotopic (exact) mass is 377 g/mol. The highest BCUT2D eigenvalue weighted by Gasteiger charge is 2.24. The van der Waals surface area contributed by atoms with Crippen LogP contribution in [-0.2, 0) is 6.54 Å². The standard InChI is InChI=1S/C22H23N3O3/c1-28-18-7-8-20-17(13-18)14-19(21(26)23-20)22(27)25-11-9-24(10-12-25)15-16-5-3-2-4-6-16/h2-8,13-14H,9-12,15H2,1H3,(H,23,26). The quantitative estimate of drug-likeness (QED) is 0.759. The van der Waals surface area contributed by atoms with Gasteiger partial charge in [-0.2, -0.15) is 0 Å². The van der Waals surface area contributed by atoms with Gasteiger partial charge in [-0.05, 0) is 29.8 Å². The van der Waals surface area contributed by atoms with Crippen LogP contribution in [0.1, 0.15) is 15.9 Å². The summed E-state index contributed by atoms with van der Waals surface area (Å²) in [7, 11) is 1.59. The third-order valence-electron chi connectivity index (χ3n) is 5.19. The number of benzene rings is 2. The molecule has 1 N–H and O–H groups in total. The summed E-state index contributed by atoms with van der Waals surface area (Å²) in [6.45, 7) is 3.68. The van der Waals surface area contributed by atoms with Gasteiger partial charge < -0.3 is 14.6 Å². The van der Waals surface area contributed by atoms with Gasteiger partial charge in [-0.15, -0.1) is 0 Å². The number of amides is 1. The number of H-pyrrole nitrogens is 1. The van der Waals surface area contributed by atoms with Crippen molar-refractivity contribution in [3.63, 3.8) is 0 Å². The Morgan fingerprint density at radius 3 is 2.50 bits per heavy atom. The number of rotatable bonds is 4. The molecule has 0 saturated carbocycles. The Balaban J connectivity index is 1.47. The van der Waals surface area contributed by atoms with E-state index in [4.69, 9.17) is 4.74 Å². The van der Waals surface area contributed by atoms with E-state index in [2.05, 4.69) is 22.0 Å². The third-order valence-corrected chi connectivity index (χ3v) is 5.19. The summed E-state index contributed by atoms with van der Waals surface area (Å²) >= 11 is 0. The van der Waals surface area contributed by atoms with Crippen LogP contribution in [0.25, 0.3) is 10.9 Å². The lowest BCUT2D eigenvalue weighted by molar-refractivity contribution is 0.0627. The maximum absolute atomic E-state index is 12.9. The highest BCUT2D eigenvalue weighted by molar-refractivity contribution is 5.97. The van der Waals surface area contributed by atoms with E-state index in [1.165, 1.54) is 5.56 Å². The second-order valence-electron chi connectivity index (χ2n) is 7.02. The van der Waals surface area contributed by atoms with Crippen LogP contribution in [-0.4, -0.2) is 54.0 Å². The Morgan fingerprint density at radius 2 is 1.79 bits per heavy atom. The molecule has 0 spiro atoms. The number of aromatic amines is 1. The second kappa shape index (κ2) is 7.86. The van der Waals surface area contributed by atoms with Crippen LogP contribution in [0.5, 0.6) is 5.75 Å². The van der Waals surface area contributed by atoms with E-state index in [1.54, 1.807) is 30.2 Å². The number of piperazine rings is 1. The smallest absolute Gasteiger partial charge is 0.261 e. The van der Waals surface area contributed by atoms with Crippen LogP contribution in [0.15, 0.2) is 59.4 Å². The Hall–Kier alpha value is -3.12. The average molecular weight is 377 g/mol. The molecule has 6 heteroatoms. The number of nitrogens with one attached hydrogen (secondary N) is 1. The lowest BCUT2D eigenvalue weighted by Gasteiger charge is -2.34. The van der Waals surface area contributed by atoms with Crippen LogP contribution >= 0.6 is 0 Å². The Morgan fingerprint density at radius 1 is 1.04 bits per heavy atom. The Labute approximate surface area is 163 Å². The number of pyridine rings is 1. The molecule has 2 heterocycles. The van der Waals surface area contributed by atoms with Gasteiger partial charge in [-0.25, -0.2) is 0 Å². The van der Waals surface area contributed by atoms with Gasteiger partial charge in [0.05, 0.1) is 7.11 Å². The number of hydrogen-bond donors (Lipinski definition) is 1. The van der Waals surface area contributed by atoms with Crippen LogP contribution in [0.4, 0.5) is 0 Å². The molecule has 1 amide bonds. The zero-order valence-electron chi connectivity index (χ0n) is 15.9. The summed E-state index contributed by atoms with van der Waals surface area (Å²) in [5.41, 5.74) is 1.78. The molecule has 1 fully saturated rings. The van der Waals surface area contributed by atoms with Crippen molar-refractivity contribution in [1.82, 2.24) is 14.8 Å². The number of nitrogens with zero attached hydrogens (tertiary/aromatic N) is 2. The van der Waals surface area contributed by atoms with Crippen molar-refractivity contribution in [2.24, 2.45) is 0 Å². The Bertz CT molecular complexity index is 1040. The zero-order chi connectivity index (χ0) is 19.5. The van der Waals surface area contributed by atoms with Gasteiger partial charge in [-0.3, -0.25) is 14.5 Å². The summed E-state index contributed by atoms with van der Waals surface area (Å²) in [5, 5.41) is 0.782. The van der Waals surface area contributed by atoms with Crippen molar-refractivity contribution in [1.29, 1.82) is 0 Å². The summed E-state index contributed by atoms with van der Waals surface area (Å²) in [4.78, 5) is 32.3. The number of carbonyl (C=O) groups is 1. The van der Waals surface area contributed by atoms with Crippen molar-refractivity contribution in [3.05, 3.63) is 76.1 Å². The van der Waals surface area contributed by atoms with Gasteiger partial charge in [-0.1, -0.05) is 30.3 Å². The van der Waals surface area contributed by atoms with Crippen LogP contribution in [0.2, 0.25) is 0 Å². The fourth-order valence-corrected chi connectivity index (χ4v) is 3.59. The number of fused-ring (bicyclic) bond motifs is 1. The van der Waals surface area contributed by atoms with E-state index in [1.807, 2.05) is 24.3 Å². The molecule has 0 unspecified atom stereocenters. The normalized spacial score (nSPS) is 15.0. The predicted molar refractivity (Wildman–Crippen MR) is 109 cm³/mol.